The first-order valence-corrected chi connectivity index (χ1v) is 9.84. The molecule has 1 saturated heterocycles. The summed E-state index contributed by atoms with van der Waals surface area (Å²) in [6.45, 7) is 4.15. The Balaban J connectivity index is 1.41. The Morgan fingerprint density at radius 1 is 1.29 bits per heavy atom. The first-order valence-electron chi connectivity index (χ1n) is 9.84. The summed E-state index contributed by atoms with van der Waals surface area (Å²) in [5, 5.41) is 3.59. The molecule has 7 heteroatoms. The number of rotatable bonds is 6. The van der Waals surface area contributed by atoms with Crippen LogP contribution in [0.5, 0.6) is 11.5 Å². The third-order valence-electron chi connectivity index (χ3n) is 5.42. The molecule has 28 heavy (non-hydrogen) atoms. The van der Waals surface area contributed by atoms with Crippen molar-refractivity contribution in [3.05, 3.63) is 48.0 Å². The minimum absolute atomic E-state index is 0.229. The van der Waals surface area contributed by atoms with Gasteiger partial charge < -0.3 is 19.5 Å². The van der Waals surface area contributed by atoms with E-state index >= 15 is 0 Å². The lowest BCUT2D eigenvalue weighted by molar-refractivity contribution is 0.120. The quantitative estimate of drug-likeness (QED) is 0.707. The minimum atomic E-state index is 0.229. The van der Waals surface area contributed by atoms with Gasteiger partial charge in [0.05, 0.1) is 18.0 Å². The summed E-state index contributed by atoms with van der Waals surface area (Å²) in [4.78, 5) is 9.09. The fourth-order valence-electron chi connectivity index (χ4n) is 3.98. The van der Waals surface area contributed by atoms with Crippen LogP contribution in [0.2, 0.25) is 0 Å². The lowest BCUT2D eigenvalue weighted by atomic mass is 9.97. The summed E-state index contributed by atoms with van der Waals surface area (Å²) >= 11 is 0. The molecular weight excluding hydrogens is 356 g/mol. The highest BCUT2D eigenvalue weighted by atomic mass is 16.7. The second-order valence-corrected chi connectivity index (χ2v) is 7.46. The van der Waals surface area contributed by atoms with Crippen LogP contribution in [0.1, 0.15) is 36.9 Å². The predicted molar refractivity (Wildman–Crippen MR) is 105 cm³/mol. The lowest BCUT2D eigenvalue weighted by Crippen LogP contribution is -2.20. The fraction of sp³-hybridized carbons (Fsp3) is 0.429. The molecule has 3 aromatic rings. The van der Waals surface area contributed by atoms with E-state index in [9.17, 15) is 0 Å². The molecule has 7 nitrogen and oxygen atoms in total. The van der Waals surface area contributed by atoms with E-state index in [1.54, 1.807) is 12.4 Å². The molecule has 4 heterocycles. The largest absolute Gasteiger partial charge is 0.454 e. The van der Waals surface area contributed by atoms with Crippen LogP contribution < -0.4 is 14.8 Å². The molecule has 5 rings (SSSR count). The summed E-state index contributed by atoms with van der Waals surface area (Å²) in [5.74, 6) is 2.89. The van der Waals surface area contributed by atoms with Crippen LogP contribution in [-0.4, -0.2) is 40.4 Å². The van der Waals surface area contributed by atoms with Gasteiger partial charge in [-0.1, -0.05) is 13.0 Å². The normalized spacial score (nSPS) is 19.2. The number of imidazole rings is 1. The SMILES string of the molecule is CC(Cc1ccc2c(c1)OCO2)c1nc2cnccn2c1NCC1CCCO1. The summed E-state index contributed by atoms with van der Waals surface area (Å²) in [6.07, 6.45) is 8.92. The van der Waals surface area contributed by atoms with Gasteiger partial charge >= 0.3 is 0 Å². The van der Waals surface area contributed by atoms with E-state index in [1.165, 1.54) is 5.56 Å². The van der Waals surface area contributed by atoms with Crippen LogP contribution in [-0.2, 0) is 11.2 Å². The average Bonchev–Trinajstić information content (AvgIpc) is 3.45. The molecule has 0 amide bonds. The van der Waals surface area contributed by atoms with E-state index in [0.717, 1.165) is 61.1 Å². The summed E-state index contributed by atoms with van der Waals surface area (Å²) in [7, 11) is 0. The molecule has 2 aromatic heterocycles. The van der Waals surface area contributed by atoms with Crippen LogP contribution in [0, 0.1) is 0 Å². The summed E-state index contributed by atoms with van der Waals surface area (Å²) in [5.41, 5.74) is 3.10. The fourth-order valence-corrected chi connectivity index (χ4v) is 3.98. The molecule has 2 aliphatic rings. The number of aromatic nitrogens is 3. The first-order chi connectivity index (χ1) is 13.8. The van der Waals surface area contributed by atoms with Crippen molar-refractivity contribution in [3.63, 3.8) is 0 Å². The molecule has 0 spiro atoms. The Morgan fingerprint density at radius 3 is 3.11 bits per heavy atom. The van der Waals surface area contributed by atoms with Crippen molar-refractivity contribution in [2.45, 2.75) is 38.2 Å². The standard InChI is InChI=1S/C21H24N4O3/c1-14(9-15-4-5-17-18(10-15)28-13-27-17)20-21(23-11-16-3-2-8-26-16)25-7-6-22-12-19(25)24-20/h4-7,10,12,14,16,23H,2-3,8-9,11,13H2,1H3. The number of fused-ring (bicyclic) bond motifs is 2. The lowest BCUT2D eigenvalue weighted by Gasteiger charge is -2.16. The Morgan fingerprint density at radius 2 is 2.21 bits per heavy atom. The highest BCUT2D eigenvalue weighted by Gasteiger charge is 2.22. The van der Waals surface area contributed by atoms with Gasteiger partial charge in [0.1, 0.15) is 5.82 Å². The molecule has 0 radical (unpaired) electrons. The van der Waals surface area contributed by atoms with Gasteiger partial charge in [0.2, 0.25) is 6.79 Å². The van der Waals surface area contributed by atoms with Gasteiger partial charge in [0, 0.05) is 31.5 Å². The van der Waals surface area contributed by atoms with Crippen LogP contribution in [0.25, 0.3) is 5.65 Å². The van der Waals surface area contributed by atoms with E-state index in [4.69, 9.17) is 19.2 Å². The average molecular weight is 380 g/mol. The van der Waals surface area contributed by atoms with Gasteiger partial charge in [-0.05, 0) is 37.0 Å². The van der Waals surface area contributed by atoms with E-state index in [2.05, 4.69) is 33.8 Å². The van der Waals surface area contributed by atoms with Gasteiger partial charge in [0.15, 0.2) is 17.1 Å². The number of hydrogen-bond donors (Lipinski definition) is 1. The monoisotopic (exact) mass is 380 g/mol. The molecule has 1 N–H and O–H groups in total. The zero-order valence-electron chi connectivity index (χ0n) is 15.9. The minimum Gasteiger partial charge on any atom is -0.454 e. The molecule has 1 aromatic carbocycles. The number of benzene rings is 1. The molecular formula is C21H24N4O3. The first kappa shape index (κ1) is 17.3. The Kier molecular flexibility index (Phi) is 4.52. The van der Waals surface area contributed by atoms with Crippen molar-refractivity contribution in [1.29, 1.82) is 0 Å². The molecule has 2 aliphatic heterocycles. The second kappa shape index (κ2) is 7.31. The van der Waals surface area contributed by atoms with E-state index in [1.807, 2.05) is 12.3 Å². The van der Waals surface area contributed by atoms with Gasteiger partial charge in [-0.3, -0.25) is 9.38 Å². The van der Waals surface area contributed by atoms with Crippen molar-refractivity contribution >= 4 is 11.5 Å². The van der Waals surface area contributed by atoms with Crippen molar-refractivity contribution < 1.29 is 14.2 Å². The van der Waals surface area contributed by atoms with Crippen LogP contribution in [0.15, 0.2) is 36.8 Å². The number of anilines is 1. The third kappa shape index (κ3) is 3.26. The van der Waals surface area contributed by atoms with Crippen molar-refractivity contribution in [2.24, 2.45) is 0 Å². The van der Waals surface area contributed by atoms with Crippen LogP contribution in [0.4, 0.5) is 5.82 Å². The van der Waals surface area contributed by atoms with Gasteiger partial charge in [0.25, 0.3) is 0 Å². The van der Waals surface area contributed by atoms with Crippen molar-refractivity contribution in [2.75, 3.05) is 25.3 Å². The maximum absolute atomic E-state index is 5.77. The Bertz CT molecular complexity index is 981. The van der Waals surface area contributed by atoms with Gasteiger partial charge in [-0.2, -0.15) is 0 Å². The maximum atomic E-state index is 5.77. The van der Waals surface area contributed by atoms with E-state index in [-0.39, 0.29) is 12.0 Å². The summed E-state index contributed by atoms with van der Waals surface area (Å²) < 4.78 is 18.8. The van der Waals surface area contributed by atoms with E-state index in [0.29, 0.717) is 6.79 Å². The molecule has 0 saturated carbocycles. The molecule has 0 bridgehead atoms. The summed E-state index contributed by atoms with van der Waals surface area (Å²) in [6, 6.07) is 6.14. The Hall–Kier alpha value is -2.80. The molecule has 1 fully saturated rings. The van der Waals surface area contributed by atoms with Gasteiger partial charge in [-0.25, -0.2) is 4.98 Å². The van der Waals surface area contributed by atoms with Crippen molar-refractivity contribution in [1.82, 2.24) is 14.4 Å². The zero-order valence-corrected chi connectivity index (χ0v) is 15.9. The van der Waals surface area contributed by atoms with E-state index < -0.39 is 0 Å². The number of nitrogens with one attached hydrogen (secondary N) is 1. The predicted octanol–water partition coefficient (Wildman–Crippen LogP) is 3.40. The Labute approximate surface area is 163 Å². The molecule has 2 atom stereocenters. The number of hydrogen-bond acceptors (Lipinski definition) is 6. The van der Waals surface area contributed by atoms with Crippen LogP contribution in [0.3, 0.4) is 0 Å². The molecule has 146 valence electrons. The highest BCUT2D eigenvalue weighted by Crippen LogP contribution is 2.35. The molecule has 2 unspecified atom stereocenters. The maximum Gasteiger partial charge on any atom is 0.231 e. The topological polar surface area (TPSA) is 69.9 Å². The third-order valence-corrected chi connectivity index (χ3v) is 5.42. The van der Waals surface area contributed by atoms with Crippen molar-refractivity contribution in [3.8, 4) is 11.5 Å². The van der Waals surface area contributed by atoms with Crippen LogP contribution >= 0.6 is 0 Å². The molecule has 0 aliphatic carbocycles. The zero-order chi connectivity index (χ0) is 18.9. The second-order valence-electron chi connectivity index (χ2n) is 7.46. The smallest absolute Gasteiger partial charge is 0.231 e. The number of nitrogens with zero attached hydrogens (tertiary/aromatic N) is 3. The highest BCUT2D eigenvalue weighted by molar-refractivity contribution is 5.56. The number of ether oxygens (including phenoxy) is 3. The van der Waals surface area contributed by atoms with Gasteiger partial charge in [-0.15, -0.1) is 0 Å².